The Labute approximate surface area is 136 Å². The van der Waals surface area contributed by atoms with E-state index in [9.17, 15) is 9.90 Å². The predicted molar refractivity (Wildman–Crippen MR) is 89.7 cm³/mol. The van der Waals surface area contributed by atoms with Gasteiger partial charge < -0.3 is 14.6 Å². The van der Waals surface area contributed by atoms with Crippen LogP contribution >= 0.6 is 0 Å². The lowest BCUT2D eigenvalue weighted by Crippen LogP contribution is -2.03. The second kappa shape index (κ2) is 8.22. The van der Waals surface area contributed by atoms with Crippen LogP contribution in [-0.2, 0) is 6.42 Å². The fourth-order valence-electron chi connectivity index (χ4n) is 2.34. The Bertz CT molecular complexity index is 664. The van der Waals surface area contributed by atoms with Crippen LogP contribution < -0.4 is 9.47 Å². The van der Waals surface area contributed by atoms with Gasteiger partial charge in [0.2, 0.25) is 0 Å². The molecule has 0 radical (unpaired) electrons. The molecule has 0 fully saturated rings. The molecular weight excluding hydrogens is 292 g/mol. The summed E-state index contributed by atoms with van der Waals surface area (Å²) in [5.74, 6) is 0.786. The number of carbonyl (C=O) groups is 1. The highest BCUT2D eigenvalue weighted by atomic mass is 16.5. The number of aromatic carboxylic acids is 1. The van der Waals surface area contributed by atoms with Gasteiger partial charge in [0.15, 0.2) is 0 Å². The molecule has 0 saturated heterocycles. The maximum Gasteiger partial charge on any atom is 0.339 e. The fourth-order valence-corrected chi connectivity index (χ4v) is 2.34. The standard InChI is InChI=1S/C19H22O4/c1-3-8-14-16(22-13-4-2)11-7-12-17(14)23-18-10-6-5-9-15(18)19(20)21/h5-7,9-12H,3-4,8,13H2,1-2H3,(H,20,21). The van der Waals surface area contributed by atoms with Crippen LogP contribution in [0.2, 0.25) is 0 Å². The molecule has 4 nitrogen and oxygen atoms in total. The summed E-state index contributed by atoms with van der Waals surface area (Å²) in [5.41, 5.74) is 1.12. The first kappa shape index (κ1) is 16.9. The van der Waals surface area contributed by atoms with Crippen LogP contribution in [0.25, 0.3) is 0 Å². The SMILES string of the molecule is CCCOc1cccc(Oc2ccccc2C(=O)O)c1CCC. The number of para-hydroxylation sites is 1. The minimum absolute atomic E-state index is 0.148. The van der Waals surface area contributed by atoms with E-state index in [0.717, 1.165) is 30.6 Å². The molecule has 0 amide bonds. The number of ether oxygens (including phenoxy) is 2. The molecule has 2 aromatic carbocycles. The number of carboxylic acid groups (broad SMARTS) is 1. The lowest BCUT2D eigenvalue weighted by atomic mass is 10.1. The molecule has 1 N–H and O–H groups in total. The largest absolute Gasteiger partial charge is 0.493 e. The Morgan fingerprint density at radius 2 is 1.65 bits per heavy atom. The first-order valence-electron chi connectivity index (χ1n) is 7.92. The van der Waals surface area contributed by atoms with E-state index in [-0.39, 0.29) is 5.56 Å². The summed E-state index contributed by atoms with van der Waals surface area (Å²) < 4.78 is 11.7. The van der Waals surface area contributed by atoms with Crippen molar-refractivity contribution in [1.82, 2.24) is 0 Å². The second-order valence-electron chi connectivity index (χ2n) is 5.23. The molecule has 23 heavy (non-hydrogen) atoms. The quantitative estimate of drug-likeness (QED) is 0.751. The fraction of sp³-hybridized carbons (Fsp3) is 0.316. The van der Waals surface area contributed by atoms with Crippen LogP contribution in [0.5, 0.6) is 17.2 Å². The summed E-state index contributed by atoms with van der Waals surface area (Å²) in [6.45, 7) is 4.79. The molecular formula is C19H22O4. The third-order valence-corrected chi connectivity index (χ3v) is 3.39. The Hall–Kier alpha value is -2.49. The average Bonchev–Trinajstić information content (AvgIpc) is 2.55. The van der Waals surface area contributed by atoms with E-state index in [1.807, 2.05) is 18.2 Å². The Morgan fingerprint density at radius 3 is 2.35 bits per heavy atom. The van der Waals surface area contributed by atoms with Crippen molar-refractivity contribution >= 4 is 5.97 Å². The van der Waals surface area contributed by atoms with Crippen LogP contribution in [-0.4, -0.2) is 17.7 Å². The molecule has 0 aliphatic carbocycles. The zero-order chi connectivity index (χ0) is 16.7. The average molecular weight is 314 g/mol. The predicted octanol–water partition coefficient (Wildman–Crippen LogP) is 4.92. The van der Waals surface area contributed by atoms with Crippen molar-refractivity contribution in [3.05, 3.63) is 53.6 Å². The third kappa shape index (κ3) is 4.25. The lowest BCUT2D eigenvalue weighted by molar-refractivity contribution is 0.0694. The van der Waals surface area contributed by atoms with Crippen molar-refractivity contribution in [2.75, 3.05) is 6.61 Å². The molecule has 0 aliphatic rings. The van der Waals surface area contributed by atoms with Gasteiger partial charge in [-0.1, -0.05) is 38.5 Å². The van der Waals surface area contributed by atoms with E-state index in [1.54, 1.807) is 18.2 Å². The Kier molecular flexibility index (Phi) is 6.03. The van der Waals surface area contributed by atoms with Crippen LogP contribution in [0.1, 0.15) is 42.6 Å². The van der Waals surface area contributed by atoms with Crippen LogP contribution in [0.4, 0.5) is 0 Å². The van der Waals surface area contributed by atoms with Crippen molar-refractivity contribution in [2.45, 2.75) is 33.1 Å². The van der Waals surface area contributed by atoms with Gasteiger partial charge in [0.05, 0.1) is 6.61 Å². The highest BCUT2D eigenvalue weighted by Crippen LogP contribution is 2.34. The maximum atomic E-state index is 11.3. The second-order valence-corrected chi connectivity index (χ2v) is 5.23. The molecule has 0 unspecified atom stereocenters. The number of rotatable bonds is 8. The minimum Gasteiger partial charge on any atom is -0.493 e. The summed E-state index contributed by atoms with van der Waals surface area (Å²) in [6.07, 6.45) is 2.69. The number of hydrogen-bond acceptors (Lipinski definition) is 3. The van der Waals surface area contributed by atoms with Crippen LogP contribution in [0.15, 0.2) is 42.5 Å². The highest BCUT2D eigenvalue weighted by Gasteiger charge is 2.15. The van der Waals surface area contributed by atoms with E-state index in [0.29, 0.717) is 18.1 Å². The molecule has 0 atom stereocenters. The monoisotopic (exact) mass is 314 g/mol. The number of carboxylic acids is 1. The van der Waals surface area contributed by atoms with Crippen molar-refractivity contribution in [3.8, 4) is 17.2 Å². The molecule has 0 aliphatic heterocycles. The molecule has 0 saturated carbocycles. The summed E-state index contributed by atoms with van der Waals surface area (Å²) in [4.78, 5) is 11.3. The molecule has 4 heteroatoms. The van der Waals surface area contributed by atoms with Gasteiger partial charge in [0.1, 0.15) is 22.8 Å². The molecule has 0 heterocycles. The number of hydrogen-bond donors (Lipinski definition) is 1. The Morgan fingerprint density at radius 1 is 0.957 bits per heavy atom. The van der Waals surface area contributed by atoms with E-state index in [1.165, 1.54) is 6.07 Å². The highest BCUT2D eigenvalue weighted by molar-refractivity contribution is 5.90. The third-order valence-electron chi connectivity index (χ3n) is 3.39. The molecule has 0 aromatic heterocycles. The zero-order valence-corrected chi connectivity index (χ0v) is 13.5. The minimum atomic E-state index is -1.00. The molecule has 0 bridgehead atoms. The summed E-state index contributed by atoms with van der Waals surface area (Å²) in [7, 11) is 0. The zero-order valence-electron chi connectivity index (χ0n) is 13.5. The van der Waals surface area contributed by atoms with Crippen molar-refractivity contribution in [3.63, 3.8) is 0 Å². The summed E-state index contributed by atoms with van der Waals surface area (Å²) in [5, 5.41) is 9.28. The van der Waals surface area contributed by atoms with Crippen LogP contribution in [0, 0.1) is 0 Å². The maximum absolute atomic E-state index is 11.3. The van der Waals surface area contributed by atoms with Gasteiger partial charge in [0.25, 0.3) is 0 Å². The smallest absolute Gasteiger partial charge is 0.339 e. The lowest BCUT2D eigenvalue weighted by Gasteiger charge is -2.16. The van der Waals surface area contributed by atoms with E-state index >= 15 is 0 Å². The van der Waals surface area contributed by atoms with Crippen molar-refractivity contribution < 1.29 is 19.4 Å². The van der Waals surface area contributed by atoms with E-state index in [4.69, 9.17) is 9.47 Å². The van der Waals surface area contributed by atoms with Crippen molar-refractivity contribution in [2.24, 2.45) is 0 Å². The normalized spacial score (nSPS) is 10.3. The van der Waals surface area contributed by atoms with Gasteiger partial charge in [-0.2, -0.15) is 0 Å². The van der Waals surface area contributed by atoms with Gasteiger partial charge in [-0.05, 0) is 37.1 Å². The van der Waals surface area contributed by atoms with Crippen LogP contribution in [0.3, 0.4) is 0 Å². The molecule has 2 aromatic rings. The van der Waals surface area contributed by atoms with Gasteiger partial charge in [-0.3, -0.25) is 0 Å². The first-order valence-corrected chi connectivity index (χ1v) is 7.92. The first-order chi connectivity index (χ1) is 11.2. The topological polar surface area (TPSA) is 55.8 Å². The number of benzene rings is 2. The molecule has 122 valence electrons. The molecule has 0 spiro atoms. The van der Waals surface area contributed by atoms with Gasteiger partial charge in [0, 0.05) is 5.56 Å². The van der Waals surface area contributed by atoms with Gasteiger partial charge in [-0.25, -0.2) is 4.79 Å². The van der Waals surface area contributed by atoms with Gasteiger partial charge in [-0.15, -0.1) is 0 Å². The summed E-state index contributed by atoms with van der Waals surface area (Å²) in [6, 6.07) is 12.3. The van der Waals surface area contributed by atoms with E-state index in [2.05, 4.69) is 13.8 Å². The Balaban J connectivity index is 2.37. The molecule has 2 rings (SSSR count). The van der Waals surface area contributed by atoms with E-state index < -0.39 is 5.97 Å². The van der Waals surface area contributed by atoms with Crippen molar-refractivity contribution in [1.29, 1.82) is 0 Å². The summed E-state index contributed by atoms with van der Waals surface area (Å²) >= 11 is 0. The van der Waals surface area contributed by atoms with Gasteiger partial charge >= 0.3 is 5.97 Å².